The molecule has 0 saturated carbocycles. The molecule has 0 unspecified atom stereocenters. The van der Waals surface area contributed by atoms with Crippen LogP contribution in [0.25, 0.3) is 10.9 Å². The second-order valence-corrected chi connectivity index (χ2v) is 3.49. The molecule has 0 aliphatic carbocycles. The number of hydrogen-bond donors (Lipinski definition) is 1. The number of nitrogens with two attached hydrogens (primary N) is 1. The first kappa shape index (κ1) is 8.32. The third-order valence-electron chi connectivity index (χ3n) is 2.45. The average Bonchev–Trinajstić information content (AvgIpc) is 2.42. The Morgan fingerprint density at radius 2 is 2.15 bits per heavy atom. The Hall–Kier alpha value is -1.28. The van der Waals surface area contributed by atoms with E-state index >= 15 is 0 Å². The van der Waals surface area contributed by atoms with Crippen LogP contribution < -0.4 is 5.73 Å². The van der Waals surface area contributed by atoms with E-state index in [1.54, 1.807) is 0 Å². The summed E-state index contributed by atoms with van der Waals surface area (Å²) >= 11 is 0. The summed E-state index contributed by atoms with van der Waals surface area (Å²) in [6, 6.07) is 6.46. The van der Waals surface area contributed by atoms with E-state index in [9.17, 15) is 0 Å². The quantitative estimate of drug-likeness (QED) is 0.703. The number of hydrogen-bond acceptors (Lipinski definition) is 1. The molecule has 1 heterocycles. The van der Waals surface area contributed by atoms with E-state index in [0.717, 1.165) is 0 Å². The highest BCUT2D eigenvalue weighted by Crippen LogP contribution is 2.21. The molecule has 0 spiro atoms. The lowest BCUT2D eigenvalue weighted by Crippen LogP contribution is -1.94. The molecule has 0 saturated heterocycles. The molecule has 0 aliphatic rings. The van der Waals surface area contributed by atoms with E-state index in [0.29, 0.717) is 6.54 Å². The van der Waals surface area contributed by atoms with Crippen LogP contribution in [0.5, 0.6) is 0 Å². The number of aromatic nitrogens is 1. The molecule has 0 amide bonds. The number of rotatable bonds is 1. The first-order valence-electron chi connectivity index (χ1n) is 4.47. The lowest BCUT2D eigenvalue weighted by molar-refractivity contribution is 0.949. The standard InChI is InChI=1S/C11H14N2/c1-8-3-4-11-10(5-8)9(6-12)7-13(11)2/h3-5,7H,6,12H2,1-2H3. The van der Waals surface area contributed by atoms with Crippen molar-refractivity contribution < 1.29 is 0 Å². The fourth-order valence-electron chi connectivity index (χ4n) is 1.75. The second kappa shape index (κ2) is 2.89. The normalized spacial score (nSPS) is 11.0. The van der Waals surface area contributed by atoms with Crippen LogP contribution in [-0.4, -0.2) is 4.57 Å². The van der Waals surface area contributed by atoms with Crippen molar-refractivity contribution in [3.05, 3.63) is 35.5 Å². The van der Waals surface area contributed by atoms with E-state index in [1.807, 2.05) is 0 Å². The Morgan fingerprint density at radius 1 is 1.38 bits per heavy atom. The predicted molar refractivity (Wildman–Crippen MR) is 55.5 cm³/mol. The maximum absolute atomic E-state index is 5.67. The van der Waals surface area contributed by atoms with Crippen molar-refractivity contribution in [2.45, 2.75) is 13.5 Å². The number of aryl methyl sites for hydroxylation is 2. The Labute approximate surface area is 78.0 Å². The van der Waals surface area contributed by atoms with E-state index in [4.69, 9.17) is 5.73 Å². The van der Waals surface area contributed by atoms with Gasteiger partial charge in [-0.3, -0.25) is 0 Å². The summed E-state index contributed by atoms with van der Waals surface area (Å²) in [5.41, 5.74) is 9.43. The Balaban J connectivity index is 2.81. The van der Waals surface area contributed by atoms with Crippen molar-refractivity contribution >= 4 is 10.9 Å². The minimum absolute atomic E-state index is 0.612. The van der Waals surface area contributed by atoms with Crippen LogP contribution in [0, 0.1) is 6.92 Å². The maximum atomic E-state index is 5.67. The first-order valence-corrected chi connectivity index (χ1v) is 4.47. The zero-order chi connectivity index (χ0) is 9.42. The smallest absolute Gasteiger partial charge is 0.0481 e. The predicted octanol–water partition coefficient (Wildman–Crippen LogP) is 1.95. The van der Waals surface area contributed by atoms with Gasteiger partial charge in [0.05, 0.1) is 0 Å². The summed E-state index contributed by atoms with van der Waals surface area (Å²) in [6.45, 7) is 2.72. The van der Waals surface area contributed by atoms with Gasteiger partial charge < -0.3 is 10.3 Å². The summed E-state index contributed by atoms with van der Waals surface area (Å²) in [5.74, 6) is 0. The third kappa shape index (κ3) is 1.23. The molecule has 13 heavy (non-hydrogen) atoms. The molecule has 0 aliphatic heterocycles. The monoisotopic (exact) mass is 174 g/mol. The van der Waals surface area contributed by atoms with E-state index < -0.39 is 0 Å². The van der Waals surface area contributed by atoms with Crippen molar-refractivity contribution in [1.82, 2.24) is 4.57 Å². The highest BCUT2D eigenvalue weighted by Gasteiger charge is 2.03. The Morgan fingerprint density at radius 3 is 2.85 bits per heavy atom. The molecule has 2 aromatic rings. The number of fused-ring (bicyclic) bond motifs is 1. The fourth-order valence-corrected chi connectivity index (χ4v) is 1.75. The highest BCUT2D eigenvalue weighted by atomic mass is 14.9. The summed E-state index contributed by atoms with van der Waals surface area (Å²) in [5, 5.41) is 1.28. The van der Waals surface area contributed by atoms with Gasteiger partial charge in [0, 0.05) is 30.7 Å². The van der Waals surface area contributed by atoms with Crippen LogP contribution in [0.2, 0.25) is 0 Å². The SMILES string of the molecule is Cc1ccc2c(c1)c(CN)cn2C. The van der Waals surface area contributed by atoms with Crippen LogP contribution >= 0.6 is 0 Å². The van der Waals surface area contributed by atoms with E-state index in [2.05, 4.69) is 42.9 Å². The molecule has 1 aromatic carbocycles. The molecule has 2 heteroatoms. The molecule has 0 radical (unpaired) electrons. The average molecular weight is 174 g/mol. The van der Waals surface area contributed by atoms with E-state index in [-0.39, 0.29) is 0 Å². The van der Waals surface area contributed by atoms with Gasteiger partial charge in [-0.05, 0) is 24.6 Å². The van der Waals surface area contributed by atoms with Crippen LogP contribution in [0.15, 0.2) is 24.4 Å². The molecule has 2 N–H and O–H groups in total. The first-order chi connectivity index (χ1) is 6.22. The van der Waals surface area contributed by atoms with Crippen LogP contribution in [0.4, 0.5) is 0 Å². The van der Waals surface area contributed by atoms with Gasteiger partial charge in [0.15, 0.2) is 0 Å². The van der Waals surface area contributed by atoms with Crippen molar-refractivity contribution in [3.63, 3.8) is 0 Å². The van der Waals surface area contributed by atoms with Gasteiger partial charge in [-0.1, -0.05) is 11.6 Å². The molecule has 2 nitrogen and oxygen atoms in total. The zero-order valence-electron chi connectivity index (χ0n) is 8.04. The minimum atomic E-state index is 0.612. The highest BCUT2D eigenvalue weighted by molar-refractivity contribution is 5.84. The molecular formula is C11H14N2. The van der Waals surface area contributed by atoms with Crippen LogP contribution in [0.1, 0.15) is 11.1 Å². The zero-order valence-corrected chi connectivity index (χ0v) is 8.04. The molecule has 2 rings (SSSR count). The fraction of sp³-hybridized carbons (Fsp3) is 0.273. The van der Waals surface area contributed by atoms with Gasteiger partial charge in [-0.2, -0.15) is 0 Å². The van der Waals surface area contributed by atoms with Gasteiger partial charge in [0.25, 0.3) is 0 Å². The Bertz CT molecular complexity index is 441. The second-order valence-electron chi connectivity index (χ2n) is 3.49. The molecule has 68 valence electrons. The molecule has 0 bridgehead atoms. The molecular weight excluding hydrogens is 160 g/mol. The van der Waals surface area contributed by atoms with Gasteiger partial charge in [-0.15, -0.1) is 0 Å². The van der Waals surface area contributed by atoms with Gasteiger partial charge in [0.2, 0.25) is 0 Å². The molecule has 0 fully saturated rings. The van der Waals surface area contributed by atoms with Crippen LogP contribution in [-0.2, 0) is 13.6 Å². The summed E-state index contributed by atoms with van der Waals surface area (Å²) in [4.78, 5) is 0. The lowest BCUT2D eigenvalue weighted by atomic mass is 10.1. The van der Waals surface area contributed by atoms with Crippen molar-refractivity contribution in [2.75, 3.05) is 0 Å². The van der Waals surface area contributed by atoms with Gasteiger partial charge in [-0.25, -0.2) is 0 Å². The van der Waals surface area contributed by atoms with Gasteiger partial charge in [0.1, 0.15) is 0 Å². The minimum Gasteiger partial charge on any atom is -0.350 e. The number of benzene rings is 1. The largest absolute Gasteiger partial charge is 0.350 e. The van der Waals surface area contributed by atoms with Crippen molar-refractivity contribution in [2.24, 2.45) is 12.8 Å². The molecule has 0 atom stereocenters. The summed E-state index contributed by atoms with van der Waals surface area (Å²) in [6.07, 6.45) is 2.10. The maximum Gasteiger partial charge on any atom is 0.0481 e. The lowest BCUT2D eigenvalue weighted by Gasteiger charge is -1.97. The summed E-state index contributed by atoms with van der Waals surface area (Å²) < 4.78 is 2.12. The van der Waals surface area contributed by atoms with Crippen molar-refractivity contribution in [3.8, 4) is 0 Å². The van der Waals surface area contributed by atoms with Crippen molar-refractivity contribution in [1.29, 1.82) is 0 Å². The molecule has 1 aromatic heterocycles. The third-order valence-corrected chi connectivity index (χ3v) is 2.45. The van der Waals surface area contributed by atoms with Crippen LogP contribution in [0.3, 0.4) is 0 Å². The van der Waals surface area contributed by atoms with Gasteiger partial charge >= 0.3 is 0 Å². The summed E-state index contributed by atoms with van der Waals surface area (Å²) in [7, 11) is 2.05. The number of nitrogens with zero attached hydrogens (tertiary/aromatic N) is 1. The topological polar surface area (TPSA) is 30.9 Å². The Kier molecular flexibility index (Phi) is 1.85. The van der Waals surface area contributed by atoms with E-state index in [1.165, 1.54) is 22.0 Å².